The Morgan fingerprint density at radius 1 is 1.37 bits per heavy atom. The van der Waals surface area contributed by atoms with Crippen molar-refractivity contribution in [3.63, 3.8) is 0 Å². The molecule has 0 unspecified atom stereocenters. The number of halogens is 2. The fraction of sp³-hybridized carbons (Fsp3) is 0.417. The smallest absolute Gasteiger partial charge is 0.290 e. The van der Waals surface area contributed by atoms with E-state index in [1.54, 1.807) is 0 Å². The summed E-state index contributed by atoms with van der Waals surface area (Å²) in [6.07, 6.45) is 0. The first-order valence-corrected chi connectivity index (χ1v) is 6.29. The highest BCUT2D eigenvalue weighted by atomic mass is 35.5. The Kier molecular flexibility index (Phi) is 4.76. The molecule has 0 fully saturated rings. The van der Waals surface area contributed by atoms with Crippen molar-refractivity contribution < 1.29 is 9.72 Å². The Bertz CT molecular complexity index is 524. The van der Waals surface area contributed by atoms with E-state index in [9.17, 15) is 14.9 Å². The maximum Gasteiger partial charge on any atom is 0.290 e. The quantitative estimate of drug-likeness (QED) is 0.684. The largest absolute Gasteiger partial charge is 0.352 e. The number of nitrogens with one attached hydrogen (secondary N) is 1. The van der Waals surface area contributed by atoms with Crippen molar-refractivity contribution in [1.29, 1.82) is 0 Å². The third-order valence-electron chi connectivity index (χ3n) is 2.25. The molecular formula is C12H14Cl2N2O3. The first kappa shape index (κ1) is 15.7. The van der Waals surface area contributed by atoms with Gasteiger partial charge in [-0.1, -0.05) is 44.0 Å². The van der Waals surface area contributed by atoms with Crippen LogP contribution in [0.2, 0.25) is 10.0 Å². The van der Waals surface area contributed by atoms with Crippen molar-refractivity contribution in [1.82, 2.24) is 5.32 Å². The molecule has 1 aromatic carbocycles. The number of nitro groups is 1. The topological polar surface area (TPSA) is 72.2 Å². The number of amides is 1. The molecule has 1 amide bonds. The van der Waals surface area contributed by atoms with Crippen molar-refractivity contribution in [3.8, 4) is 0 Å². The molecule has 1 rings (SSSR count). The van der Waals surface area contributed by atoms with Gasteiger partial charge in [0.15, 0.2) is 0 Å². The molecule has 0 saturated carbocycles. The van der Waals surface area contributed by atoms with Gasteiger partial charge in [-0.25, -0.2) is 0 Å². The number of carbonyl (C=O) groups excluding carboxylic acids is 1. The van der Waals surface area contributed by atoms with Crippen LogP contribution in [0.25, 0.3) is 0 Å². The lowest BCUT2D eigenvalue weighted by molar-refractivity contribution is -0.384. The Morgan fingerprint density at radius 3 is 2.42 bits per heavy atom. The van der Waals surface area contributed by atoms with Crippen molar-refractivity contribution in [2.24, 2.45) is 5.41 Å². The first-order valence-electron chi connectivity index (χ1n) is 5.53. The van der Waals surface area contributed by atoms with Crippen LogP contribution in [-0.4, -0.2) is 17.4 Å². The maximum atomic E-state index is 11.9. The lowest BCUT2D eigenvalue weighted by Gasteiger charge is -2.18. The van der Waals surface area contributed by atoms with Crippen LogP contribution in [0.5, 0.6) is 0 Å². The molecule has 19 heavy (non-hydrogen) atoms. The summed E-state index contributed by atoms with van der Waals surface area (Å²) in [7, 11) is 0. The van der Waals surface area contributed by atoms with E-state index in [1.807, 2.05) is 20.8 Å². The normalized spacial score (nSPS) is 11.2. The number of carbonyl (C=O) groups is 1. The van der Waals surface area contributed by atoms with E-state index < -0.39 is 10.8 Å². The highest BCUT2D eigenvalue weighted by Crippen LogP contribution is 2.33. The number of hydrogen-bond donors (Lipinski definition) is 1. The average molecular weight is 305 g/mol. The average Bonchev–Trinajstić information content (AvgIpc) is 2.28. The Labute approximate surface area is 121 Å². The van der Waals surface area contributed by atoms with Gasteiger partial charge < -0.3 is 5.32 Å². The van der Waals surface area contributed by atoms with E-state index in [4.69, 9.17) is 23.2 Å². The van der Waals surface area contributed by atoms with E-state index in [0.29, 0.717) is 6.54 Å². The molecule has 0 aromatic heterocycles. The monoisotopic (exact) mass is 304 g/mol. The lowest BCUT2D eigenvalue weighted by Crippen LogP contribution is -2.32. The zero-order valence-corrected chi connectivity index (χ0v) is 12.3. The van der Waals surface area contributed by atoms with Crippen LogP contribution in [0.4, 0.5) is 5.69 Å². The van der Waals surface area contributed by atoms with Crippen LogP contribution in [0.15, 0.2) is 12.1 Å². The molecule has 0 spiro atoms. The zero-order chi connectivity index (χ0) is 14.8. The molecule has 0 radical (unpaired) electrons. The van der Waals surface area contributed by atoms with E-state index >= 15 is 0 Å². The van der Waals surface area contributed by atoms with E-state index in [-0.39, 0.29) is 26.7 Å². The molecule has 1 N–H and O–H groups in total. The van der Waals surface area contributed by atoms with Crippen LogP contribution in [0, 0.1) is 15.5 Å². The minimum Gasteiger partial charge on any atom is -0.352 e. The fourth-order valence-electron chi connectivity index (χ4n) is 1.29. The number of nitrogens with zero attached hydrogens (tertiary/aromatic N) is 1. The van der Waals surface area contributed by atoms with Crippen LogP contribution >= 0.6 is 23.2 Å². The third kappa shape index (κ3) is 4.36. The summed E-state index contributed by atoms with van der Waals surface area (Å²) in [5.41, 5.74) is -0.349. The minimum atomic E-state index is -0.672. The highest BCUT2D eigenvalue weighted by molar-refractivity contribution is 6.43. The van der Waals surface area contributed by atoms with Crippen LogP contribution in [-0.2, 0) is 0 Å². The molecule has 0 aliphatic rings. The van der Waals surface area contributed by atoms with Gasteiger partial charge in [0.05, 0.1) is 9.95 Å². The molecule has 0 bridgehead atoms. The number of hydrogen-bond acceptors (Lipinski definition) is 3. The predicted octanol–water partition coefficient (Wildman–Crippen LogP) is 3.68. The number of rotatable bonds is 3. The summed E-state index contributed by atoms with van der Waals surface area (Å²) in [5, 5.41) is 13.3. The molecule has 5 nitrogen and oxygen atoms in total. The fourth-order valence-corrected chi connectivity index (χ4v) is 1.68. The van der Waals surface area contributed by atoms with Gasteiger partial charge in [-0.2, -0.15) is 0 Å². The van der Waals surface area contributed by atoms with Crippen LogP contribution in [0.1, 0.15) is 31.1 Å². The van der Waals surface area contributed by atoms with Gasteiger partial charge in [0.25, 0.3) is 11.6 Å². The van der Waals surface area contributed by atoms with Gasteiger partial charge in [0.1, 0.15) is 5.02 Å². The maximum absolute atomic E-state index is 11.9. The second kappa shape index (κ2) is 5.75. The van der Waals surface area contributed by atoms with Crippen molar-refractivity contribution >= 4 is 34.8 Å². The standard InChI is InChI=1S/C12H14Cl2N2O3/c1-12(2,3)6-15-11(17)7-4-8(13)10(14)9(5-7)16(18)19/h4-5H,6H2,1-3H3,(H,15,17). The molecule has 0 saturated heterocycles. The Balaban J connectivity index is 3.02. The van der Waals surface area contributed by atoms with Gasteiger partial charge in [0.2, 0.25) is 0 Å². The second-order valence-electron chi connectivity index (χ2n) is 5.29. The zero-order valence-electron chi connectivity index (χ0n) is 10.8. The van der Waals surface area contributed by atoms with Gasteiger partial charge in [0, 0.05) is 18.2 Å². The summed E-state index contributed by atoms with van der Waals surface area (Å²) in [6.45, 7) is 6.33. The predicted molar refractivity (Wildman–Crippen MR) is 74.9 cm³/mol. The van der Waals surface area contributed by atoms with Gasteiger partial charge >= 0.3 is 0 Å². The minimum absolute atomic E-state index is 0.0169. The number of benzene rings is 1. The van der Waals surface area contributed by atoms with Gasteiger partial charge in [-0.05, 0) is 11.5 Å². The summed E-state index contributed by atoms with van der Waals surface area (Å²) >= 11 is 11.5. The van der Waals surface area contributed by atoms with Crippen molar-refractivity contribution in [2.75, 3.05) is 6.54 Å². The van der Waals surface area contributed by atoms with E-state index in [1.165, 1.54) is 6.07 Å². The van der Waals surface area contributed by atoms with E-state index in [0.717, 1.165) is 6.07 Å². The molecule has 1 aromatic rings. The third-order valence-corrected chi connectivity index (χ3v) is 3.04. The molecule has 0 aliphatic carbocycles. The highest BCUT2D eigenvalue weighted by Gasteiger charge is 2.21. The summed E-state index contributed by atoms with van der Waals surface area (Å²) in [5.74, 6) is -0.420. The van der Waals surface area contributed by atoms with Crippen LogP contribution < -0.4 is 5.32 Å². The molecular weight excluding hydrogens is 291 g/mol. The first-order chi connectivity index (χ1) is 8.61. The molecule has 7 heteroatoms. The van der Waals surface area contributed by atoms with E-state index in [2.05, 4.69) is 5.32 Å². The number of nitro benzene ring substituents is 1. The molecule has 0 heterocycles. The van der Waals surface area contributed by atoms with Crippen molar-refractivity contribution in [3.05, 3.63) is 37.9 Å². The van der Waals surface area contributed by atoms with Gasteiger partial charge in [-0.3, -0.25) is 14.9 Å². The van der Waals surface area contributed by atoms with Gasteiger partial charge in [-0.15, -0.1) is 0 Å². The Hall–Kier alpha value is -1.33. The SMILES string of the molecule is CC(C)(C)CNC(=O)c1cc(Cl)c(Cl)c([N+](=O)[O-])c1. The summed E-state index contributed by atoms with van der Waals surface area (Å²) in [6, 6.07) is 2.43. The second-order valence-corrected chi connectivity index (χ2v) is 6.08. The molecule has 104 valence electrons. The molecule has 0 atom stereocenters. The molecule has 0 aliphatic heterocycles. The summed E-state index contributed by atoms with van der Waals surface area (Å²) < 4.78 is 0. The lowest BCUT2D eigenvalue weighted by atomic mass is 9.97. The van der Waals surface area contributed by atoms with Crippen molar-refractivity contribution in [2.45, 2.75) is 20.8 Å². The summed E-state index contributed by atoms with van der Waals surface area (Å²) in [4.78, 5) is 22.0. The van der Waals surface area contributed by atoms with Crippen LogP contribution in [0.3, 0.4) is 0 Å². The Morgan fingerprint density at radius 2 is 1.95 bits per heavy atom.